The highest BCUT2D eigenvalue weighted by molar-refractivity contribution is 7.11. The maximum atomic E-state index is 11.8. The molecule has 0 spiro atoms. The summed E-state index contributed by atoms with van der Waals surface area (Å²) in [6.07, 6.45) is 1.77. The van der Waals surface area contributed by atoms with E-state index >= 15 is 0 Å². The van der Waals surface area contributed by atoms with Gasteiger partial charge in [-0.15, -0.1) is 11.3 Å². The smallest absolute Gasteiger partial charge is 0.315 e. The molecule has 0 fully saturated rings. The summed E-state index contributed by atoms with van der Waals surface area (Å²) < 4.78 is 5.42. The summed E-state index contributed by atoms with van der Waals surface area (Å²) in [5.41, 5.74) is -0.502. The number of carbonyl (C=O) groups excluding carboxylic acids is 1. The molecular formula is C15H21N3O3S. The van der Waals surface area contributed by atoms with Gasteiger partial charge in [0.1, 0.15) is 22.1 Å². The van der Waals surface area contributed by atoms with Gasteiger partial charge < -0.3 is 20.2 Å². The molecule has 0 saturated heterocycles. The number of nitrogens with zero attached hydrogens (tertiary/aromatic N) is 1. The van der Waals surface area contributed by atoms with E-state index in [1.54, 1.807) is 26.1 Å². The molecule has 0 bridgehead atoms. The third-order valence-electron chi connectivity index (χ3n) is 3.28. The second kappa shape index (κ2) is 6.50. The van der Waals surface area contributed by atoms with Gasteiger partial charge in [-0.05, 0) is 33.8 Å². The van der Waals surface area contributed by atoms with Crippen molar-refractivity contribution in [3.05, 3.63) is 39.2 Å². The fourth-order valence-corrected chi connectivity index (χ4v) is 2.94. The van der Waals surface area contributed by atoms with Crippen LogP contribution < -0.4 is 10.6 Å². The third-order valence-corrected chi connectivity index (χ3v) is 4.20. The van der Waals surface area contributed by atoms with Gasteiger partial charge in [0.05, 0.1) is 13.1 Å². The summed E-state index contributed by atoms with van der Waals surface area (Å²) in [6.45, 7) is 7.69. The van der Waals surface area contributed by atoms with Crippen molar-refractivity contribution >= 4 is 17.4 Å². The molecule has 0 saturated carbocycles. The molecule has 0 aliphatic rings. The maximum Gasteiger partial charge on any atom is 0.315 e. The zero-order valence-corrected chi connectivity index (χ0v) is 14.0. The van der Waals surface area contributed by atoms with Crippen molar-refractivity contribution in [3.8, 4) is 0 Å². The lowest BCUT2D eigenvalue weighted by molar-refractivity contribution is 0.0579. The molecule has 0 aliphatic carbocycles. The Labute approximate surface area is 133 Å². The predicted molar refractivity (Wildman–Crippen MR) is 84.8 cm³/mol. The van der Waals surface area contributed by atoms with Crippen molar-refractivity contribution in [2.75, 3.05) is 6.54 Å². The Balaban J connectivity index is 1.86. The van der Waals surface area contributed by atoms with E-state index in [9.17, 15) is 9.90 Å². The SMILES string of the molecule is Cc1cc(C(C)(O)CNC(=O)NCc2ncc(C)s2)c(C)o1. The van der Waals surface area contributed by atoms with E-state index in [-0.39, 0.29) is 12.6 Å². The van der Waals surface area contributed by atoms with Crippen LogP contribution in [0.2, 0.25) is 0 Å². The van der Waals surface area contributed by atoms with Crippen LogP contribution in [0.5, 0.6) is 0 Å². The number of carbonyl (C=O) groups is 1. The fourth-order valence-electron chi connectivity index (χ4n) is 2.21. The summed E-state index contributed by atoms with van der Waals surface area (Å²) in [4.78, 5) is 17.1. The first kappa shape index (κ1) is 16.5. The molecule has 120 valence electrons. The number of aryl methyl sites for hydroxylation is 3. The number of thiazole rings is 1. The molecular weight excluding hydrogens is 302 g/mol. The number of aromatic nitrogens is 1. The predicted octanol–water partition coefficient (Wildman–Crippen LogP) is 2.37. The summed E-state index contributed by atoms with van der Waals surface area (Å²) in [7, 11) is 0. The molecule has 1 unspecified atom stereocenters. The minimum Gasteiger partial charge on any atom is -0.466 e. The molecule has 22 heavy (non-hydrogen) atoms. The Bertz CT molecular complexity index is 661. The summed E-state index contributed by atoms with van der Waals surface area (Å²) in [5.74, 6) is 1.39. The summed E-state index contributed by atoms with van der Waals surface area (Å²) >= 11 is 1.54. The molecule has 6 nitrogen and oxygen atoms in total. The van der Waals surface area contributed by atoms with Gasteiger partial charge in [0, 0.05) is 16.6 Å². The van der Waals surface area contributed by atoms with Gasteiger partial charge in [-0.2, -0.15) is 0 Å². The van der Waals surface area contributed by atoms with Crippen LogP contribution in [-0.4, -0.2) is 22.7 Å². The van der Waals surface area contributed by atoms with Crippen molar-refractivity contribution in [1.82, 2.24) is 15.6 Å². The van der Waals surface area contributed by atoms with Gasteiger partial charge in [0.2, 0.25) is 0 Å². The van der Waals surface area contributed by atoms with Crippen LogP contribution in [0.25, 0.3) is 0 Å². The molecule has 2 rings (SSSR count). The van der Waals surface area contributed by atoms with Crippen LogP contribution in [0.3, 0.4) is 0 Å². The average molecular weight is 323 g/mol. The Morgan fingerprint density at radius 2 is 2.14 bits per heavy atom. The van der Waals surface area contributed by atoms with E-state index in [0.29, 0.717) is 17.9 Å². The molecule has 2 aromatic heterocycles. The van der Waals surface area contributed by atoms with E-state index in [0.717, 1.165) is 15.6 Å². The number of hydrogen-bond donors (Lipinski definition) is 3. The van der Waals surface area contributed by atoms with E-state index in [4.69, 9.17) is 4.42 Å². The molecule has 0 aromatic carbocycles. The monoisotopic (exact) mass is 323 g/mol. The van der Waals surface area contributed by atoms with Crippen LogP contribution in [0.1, 0.15) is 33.9 Å². The standard InChI is InChI=1S/C15H21N3O3S/c1-9-5-12(11(3)21-9)15(4,20)8-18-14(19)17-7-13-16-6-10(2)22-13/h5-6,20H,7-8H2,1-4H3,(H2,17,18,19). The average Bonchev–Trinajstić information content (AvgIpc) is 3.00. The zero-order valence-electron chi connectivity index (χ0n) is 13.2. The molecule has 3 N–H and O–H groups in total. The molecule has 7 heteroatoms. The quantitative estimate of drug-likeness (QED) is 0.788. The van der Waals surface area contributed by atoms with Crippen molar-refractivity contribution in [1.29, 1.82) is 0 Å². The number of rotatable bonds is 5. The van der Waals surface area contributed by atoms with E-state index < -0.39 is 5.60 Å². The molecule has 0 radical (unpaired) electrons. The van der Waals surface area contributed by atoms with Gasteiger partial charge in [-0.1, -0.05) is 0 Å². The first-order chi connectivity index (χ1) is 10.3. The van der Waals surface area contributed by atoms with E-state index in [1.165, 1.54) is 11.3 Å². The zero-order chi connectivity index (χ0) is 16.3. The minimum atomic E-state index is -1.18. The third kappa shape index (κ3) is 4.08. The Morgan fingerprint density at radius 1 is 1.41 bits per heavy atom. The highest BCUT2D eigenvalue weighted by Gasteiger charge is 2.28. The molecule has 0 aliphatic heterocycles. The van der Waals surface area contributed by atoms with Gasteiger partial charge in [0.15, 0.2) is 0 Å². The Hall–Kier alpha value is -1.86. The second-order valence-corrected chi connectivity index (χ2v) is 6.82. The van der Waals surface area contributed by atoms with Crippen LogP contribution in [0.4, 0.5) is 4.79 Å². The number of amides is 2. The number of nitrogens with one attached hydrogen (secondary N) is 2. The molecule has 2 aromatic rings. The molecule has 2 amide bonds. The fraction of sp³-hybridized carbons (Fsp3) is 0.467. The highest BCUT2D eigenvalue weighted by Crippen LogP contribution is 2.26. The lowest BCUT2D eigenvalue weighted by atomic mass is 9.96. The largest absolute Gasteiger partial charge is 0.466 e. The van der Waals surface area contributed by atoms with Gasteiger partial charge >= 0.3 is 6.03 Å². The van der Waals surface area contributed by atoms with Crippen molar-refractivity contribution in [2.45, 2.75) is 39.8 Å². The lowest BCUT2D eigenvalue weighted by Crippen LogP contribution is -2.43. The van der Waals surface area contributed by atoms with Gasteiger partial charge in [0.25, 0.3) is 0 Å². The van der Waals surface area contributed by atoms with Crippen molar-refractivity contribution in [2.24, 2.45) is 0 Å². The minimum absolute atomic E-state index is 0.0928. The number of urea groups is 1. The first-order valence-electron chi connectivity index (χ1n) is 7.01. The Kier molecular flexibility index (Phi) is 4.87. The topological polar surface area (TPSA) is 87.4 Å². The number of aliphatic hydroxyl groups is 1. The summed E-state index contributed by atoms with van der Waals surface area (Å²) in [5, 5.41) is 16.7. The Morgan fingerprint density at radius 3 is 2.68 bits per heavy atom. The lowest BCUT2D eigenvalue weighted by Gasteiger charge is -2.23. The molecule has 2 heterocycles. The van der Waals surface area contributed by atoms with Crippen molar-refractivity contribution < 1.29 is 14.3 Å². The van der Waals surface area contributed by atoms with Crippen LogP contribution in [0, 0.1) is 20.8 Å². The van der Waals surface area contributed by atoms with Crippen LogP contribution in [0.15, 0.2) is 16.7 Å². The van der Waals surface area contributed by atoms with Gasteiger partial charge in [-0.3, -0.25) is 0 Å². The van der Waals surface area contributed by atoms with Crippen molar-refractivity contribution in [3.63, 3.8) is 0 Å². The number of hydrogen-bond acceptors (Lipinski definition) is 5. The van der Waals surface area contributed by atoms with Crippen LogP contribution >= 0.6 is 11.3 Å². The van der Waals surface area contributed by atoms with E-state index in [1.807, 2.05) is 13.8 Å². The normalized spacial score (nSPS) is 13.7. The maximum absolute atomic E-state index is 11.8. The van der Waals surface area contributed by atoms with Crippen LogP contribution in [-0.2, 0) is 12.1 Å². The van der Waals surface area contributed by atoms with E-state index in [2.05, 4.69) is 15.6 Å². The second-order valence-electron chi connectivity index (χ2n) is 5.50. The van der Waals surface area contributed by atoms with Gasteiger partial charge in [-0.25, -0.2) is 9.78 Å². The highest BCUT2D eigenvalue weighted by atomic mass is 32.1. The molecule has 1 atom stereocenters. The summed E-state index contributed by atoms with van der Waals surface area (Å²) in [6, 6.07) is 1.44. The first-order valence-corrected chi connectivity index (χ1v) is 7.82. The number of furan rings is 1.